The fraction of sp³-hybridized carbons (Fsp3) is 0.0541. The van der Waals surface area contributed by atoms with Gasteiger partial charge in [-0.05, 0) is 85.6 Å². The summed E-state index contributed by atoms with van der Waals surface area (Å²) in [6, 6.07) is 21.1. The zero-order valence-corrected chi connectivity index (χ0v) is 29.8. The van der Waals surface area contributed by atoms with Crippen molar-refractivity contribution >= 4 is 82.4 Å². The number of benzene rings is 6. The van der Waals surface area contributed by atoms with Crippen LogP contribution < -0.4 is 21.3 Å². The third-order valence-corrected chi connectivity index (χ3v) is 10.3. The van der Waals surface area contributed by atoms with E-state index in [1.165, 1.54) is 72.8 Å². The zero-order valence-electron chi connectivity index (χ0n) is 28.2. The molecule has 0 radical (unpaired) electrons. The Labute approximate surface area is 307 Å². The fourth-order valence-electron chi connectivity index (χ4n) is 5.92. The molecule has 17 heteroatoms. The van der Waals surface area contributed by atoms with E-state index < -0.39 is 47.9 Å². The summed E-state index contributed by atoms with van der Waals surface area (Å²) in [5.41, 5.74) is 1.57. The van der Waals surface area contributed by atoms with Crippen LogP contribution in [0.25, 0.3) is 21.5 Å². The zero-order chi connectivity index (χ0) is 39.1. The van der Waals surface area contributed by atoms with Crippen molar-refractivity contribution in [1.29, 1.82) is 0 Å². The molecule has 8 N–H and O–H groups in total. The summed E-state index contributed by atoms with van der Waals surface area (Å²) < 4.78 is 68.0. The Morgan fingerprint density at radius 1 is 0.519 bits per heavy atom. The smallest absolute Gasteiger partial charge is 0.323 e. The standard InChI is InChI=1S/C37H30N4O11S2/c1-19-9-11-21(17-25(19)35(44)40-27-13-15-29(42)23-5-3-7-31(33(23)27)53(47,48)49)38-37(46)39-22-12-10-20(2)26(18-22)36(45)41-28-14-16-30(43)24-6-4-8-32(34(24)28)54(50,51)52/h3-18,42-43H,1-2H3,(H,40,44)(H,41,45)(H2,38,39,46)(H,47,48,49)(H,50,51,52). The number of carbonyl (C=O) groups excluding carboxylic acids is 3. The Morgan fingerprint density at radius 2 is 0.907 bits per heavy atom. The minimum Gasteiger partial charge on any atom is -0.507 e. The fourth-order valence-corrected chi connectivity index (χ4v) is 7.37. The number of aryl methyl sites for hydroxylation is 2. The second-order valence-corrected chi connectivity index (χ2v) is 14.9. The second-order valence-electron chi connectivity index (χ2n) is 12.1. The highest BCUT2D eigenvalue weighted by molar-refractivity contribution is 7.86. The molecule has 0 aliphatic rings. The molecule has 0 saturated heterocycles. The van der Waals surface area contributed by atoms with Crippen LogP contribution in [0.15, 0.2) is 107 Å². The molecule has 0 spiro atoms. The topological polar surface area (TPSA) is 249 Å². The van der Waals surface area contributed by atoms with Gasteiger partial charge in [0.1, 0.15) is 21.3 Å². The van der Waals surface area contributed by atoms with Crippen LogP contribution in [0.5, 0.6) is 11.5 Å². The number of amides is 4. The molecule has 0 atom stereocenters. The van der Waals surface area contributed by atoms with E-state index in [2.05, 4.69) is 21.3 Å². The van der Waals surface area contributed by atoms with Crippen molar-refractivity contribution in [3.63, 3.8) is 0 Å². The average Bonchev–Trinajstić information content (AvgIpc) is 3.11. The molecule has 6 aromatic carbocycles. The Morgan fingerprint density at radius 3 is 1.28 bits per heavy atom. The maximum Gasteiger partial charge on any atom is 0.323 e. The molecular formula is C37H30N4O11S2. The van der Waals surface area contributed by atoms with Crippen molar-refractivity contribution in [1.82, 2.24) is 0 Å². The molecule has 276 valence electrons. The minimum absolute atomic E-state index is 0.00629. The Kier molecular flexibility index (Phi) is 9.74. The molecule has 0 saturated carbocycles. The molecule has 0 bridgehead atoms. The van der Waals surface area contributed by atoms with Crippen molar-refractivity contribution in [3.8, 4) is 11.5 Å². The maximum absolute atomic E-state index is 13.5. The Bertz CT molecular complexity index is 2600. The summed E-state index contributed by atoms with van der Waals surface area (Å²) in [6.07, 6.45) is 0. The van der Waals surface area contributed by atoms with E-state index in [4.69, 9.17) is 0 Å². The highest BCUT2D eigenvalue weighted by Crippen LogP contribution is 2.37. The number of phenolic OH excluding ortho intramolecular Hbond substituents is 2. The lowest BCUT2D eigenvalue weighted by Gasteiger charge is -2.15. The van der Waals surface area contributed by atoms with Crippen LogP contribution >= 0.6 is 0 Å². The molecule has 0 aliphatic carbocycles. The molecule has 0 unspecified atom stereocenters. The van der Waals surface area contributed by atoms with Gasteiger partial charge in [0.2, 0.25) is 0 Å². The number of hydrogen-bond donors (Lipinski definition) is 8. The monoisotopic (exact) mass is 770 g/mol. The van der Waals surface area contributed by atoms with Gasteiger partial charge in [-0.2, -0.15) is 16.8 Å². The quantitative estimate of drug-likeness (QED) is 0.0600. The summed E-state index contributed by atoms with van der Waals surface area (Å²) in [6.45, 7) is 3.28. The summed E-state index contributed by atoms with van der Waals surface area (Å²) in [7, 11) is -9.48. The van der Waals surface area contributed by atoms with Crippen molar-refractivity contribution < 1.29 is 50.5 Å². The van der Waals surface area contributed by atoms with Crippen LogP contribution in [0, 0.1) is 13.8 Å². The third-order valence-electron chi connectivity index (χ3n) is 8.49. The van der Waals surface area contributed by atoms with E-state index in [1.54, 1.807) is 26.0 Å². The number of fused-ring (bicyclic) bond motifs is 2. The van der Waals surface area contributed by atoms with Gasteiger partial charge < -0.3 is 31.5 Å². The highest BCUT2D eigenvalue weighted by Gasteiger charge is 2.22. The number of rotatable bonds is 8. The number of hydrogen-bond acceptors (Lipinski definition) is 9. The van der Waals surface area contributed by atoms with Crippen molar-refractivity contribution in [3.05, 3.63) is 119 Å². The van der Waals surface area contributed by atoms with Gasteiger partial charge in [-0.25, -0.2) is 4.79 Å². The summed E-state index contributed by atoms with van der Waals surface area (Å²) >= 11 is 0. The van der Waals surface area contributed by atoms with Gasteiger partial charge in [-0.1, -0.05) is 36.4 Å². The summed E-state index contributed by atoms with van der Waals surface area (Å²) in [4.78, 5) is 39.0. The number of aromatic hydroxyl groups is 2. The first kappa shape index (κ1) is 37.2. The van der Waals surface area contributed by atoms with Gasteiger partial charge in [0.15, 0.2) is 0 Å². The average molecular weight is 771 g/mol. The van der Waals surface area contributed by atoms with Crippen LogP contribution in [-0.2, 0) is 20.2 Å². The van der Waals surface area contributed by atoms with Crippen LogP contribution in [0.2, 0.25) is 0 Å². The van der Waals surface area contributed by atoms with Crippen LogP contribution in [0.1, 0.15) is 31.8 Å². The minimum atomic E-state index is -4.74. The van der Waals surface area contributed by atoms with Crippen LogP contribution in [-0.4, -0.2) is 54.0 Å². The van der Waals surface area contributed by atoms with Gasteiger partial charge in [0.05, 0.1) is 11.4 Å². The highest BCUT2D eigenvalue weighted by atomic mass is 32.2. The summed E-state index contributed by atoms with van der Waals surface area (Å²) in [5.74, 6) is -1.92. The van der Waals surface area contributed by atoms with E-state index in [1.807, 2.05) is 0 Å². The van der Waals surface area contributed by atoms with Crippen LogP contribution in [0.3, 0.4) is 0 Å². The first-order valence-electron chi connectivity index (χ1n) is 15.8. The van der Waals surface area contributed by atoms with Crippen molar-refractivity contribution in [2.24, 2.45) is 0 Å². The number of phenols is 2. The Hall–Kier alpha value is -6.53. The molecule has 0 aliphatic heterocycles. The van der Waals surface area contributed by atoms with Crippen molar-refractivity contribution in [2.45, 2.75) is 23.6 Å². The van der Waals surface area contributed by atoms with Gasteiger partial charge in [-0.3, -0.25) is 18.7 Å². The van der Waals surface area contributed by atoms with Gasteiger partial charge >= 0.3 is 6.03 Å². The van der Waals surface area contributed by atoms with E-state index in [-0.39, 0.29) is 66.9 Å². The number of carbonyl (C=O) groups is 3. The molecule has 54 heavy (non-hydrogen) atoms. The van der Waals surface area contributed by atoms with Gasteiger partial charge in [-0.15, -0.1) is 0 Å². The lowest BCUT2D eigenvalue weighted by atomic mass is 10.0. The number of anilines is 4. The van der Waals surface area contributed by atoms with Crippen molar-refractivity contribution in [2.75, 3.05) is 21.3 Å². The normalized spacial score (nSPS) is 11.6. The van der Waals surface area contributed by atoms with Gasteiger partial charge in [0.25, 0.3) is 32.1 Å². The molecule has 0 aromatic heterocycles. The molecule has 15 nitrogen and oxygen atoms in total. The molecule has 0 fully saturated rings. The van der Waals surface area contributed by atoms with E-state index in [9.17, 15) is 50.5 Å². The Balaban J connectivity index is 1.21. The predicted octanol–water partition coefficient (Wildman–Crippen LogP) is 6.66. The number of urea groups is 1. The first-order valence-corrected chi connectivity index (χ1v) is 18.7. The predicted molar refractivity (Wildman–Crippen MR) is 202 cm³/mol. The lowest BCUT2D eigenvalue weighted by Crippen LogP contribution is -2.21. The molecule has 6 rings (SSSR count). The SMILES string of the molecule is Cc1ccc(NC(=O)Nc2ccc(C)c(C(=O)Nc3ccc(O)c4cccc(S(=O)(=O)O)c34)c2)cc1C(=O)Nc1ccc(O)c2cccc(S(=O)(=O)O)c12. The maximum atomic E-state index is 13.5. The van der Waals surface area contributed by atoms with Gasteiger partial charge in [0, 0.05) is 44.0 Å². The van der Waals surface area contributed by atoms with E-state index in [0.717, 1.165) is 12.1 Å². The second kappa shape index (κ2) is 14.1. The van der Waals surface area contributed by atoms with Crippen LogP contribution in [0.4, 0.5) is 27.5 Å². The van der Waals surface area contributed by atoms with E-state index >= 15 is 0 Å². The van der Waals surface area contributed by atoms with E-state index in [0.29, 0.717) is 11.1 Å². The molecule has 6 aromatic rings. The first-order chi connectivity index (χ1) is 25.4. The molecule has 4 amide bonds. The number of nitrogens with one attached hydrogen (secondary N) is 4. The molecule has 0 heterocycles. The molecular weight excluding hydrogens is 741 g/mol. The largest absolute Gasteiger partial charge is 0.507 e. The summed E-state index contributed by atoms with van der Waals surface area (Å²) in [5, 5.41) is 31.0. The third kappa shape index (κ3) is 7.50. The lowest BCUT2D eigenvalue weighted by molar-refractivity contribution is 0.101.